The average Bonchev–Trinajstić information content (AvgIpc) is 3.87. The van der Waals surface area contributed by atoms with Crippen LogP contribution in [-0.2, 0) is 5.41 Å². The van der Waals surface area contributed by atoms with Crippen molar-refractivity contribution in [3.05, 3.63) is 211 Å². The molecule has 11 rings (SSSR count). The van der Waals surface area contributed by atoms with E-state index in [1.165, 1.54) is 0 Å². The Hall–Kier alpha value is -7.16. The molecule has 270 valence electrons. The molecule has 1 aliphatic rings. The van der Waals surface area contributed by atoms with E-state index in [2.05, 4.69) is 38.1 Å². The molecule has 0 spiro atoms. The zero-order valence-electron chi connectivity index (χ0n) is 43.9. The normalized spacial score (nSPS) is 16.1. The number of benzene rings is 9. The minimum atomic E-state index is -0.772. The second-order valence-electron chi connectivity index (χ2n) is 14.7. The first-order chi connectivity index (χ1) is 33.4. The van der Waals surface area contributed by atoms with E-state index in [9.17, 15) is 5.48 Å². The lowest BCUT2D eigenvalue weighted by Crippen LogP contribution is -2.16. The van der Waals surface area contributed by atoms with Gasteiger partial charge in [0.25, 0.3) is 0 Å². The summed E-state index contributed by atoms with van der Waals surface area (Å²) in [5, 5.41) is 3.97. The summed E-state index contributed by atoms with van der Waals surface area (Å²) in [6.07, 6.45) is 0. The third kappa shape index (κ3) is 5.40. The van der Waals surface area contributed by atoms with Crippen LogP contribution in [0.2, 0.25) is 0 Å². The fraction of sp³-hybridized carbons (Fsp3) is 0.0545. The predicted molar refractivity (Wildman–Crippen MR) is 240 cm³/mol. The monoisotopic (exact) mass is 742 g/mol. The fourth-order valence-electron chi connectivity index (χ4n) is 8.30. The molecule has 9 aromatic carbocycles. The Balaban J connectivity index is 1.10. The molecule has 0 unspecified atom stereocenters. The van der Waals surface area contributed by atoms with Gasteiger partial charge < -0.3 is 9.32 Å². The molecule has 1 heterocycles. The first-order valence-corrected chi connectivity index (χ1v) is 18.7. The number of furan rings is 1. The Kier molecular flexibility index (Phi) is 5.10. The molecule has 0 fully saturated rings. The first kappa shape index (κ1) is 22.4. The molecule has 0 atom stereocenters. The number of fused-ring (bicyclic) bond motifs is 8. The van der Waals surface area contributed by atoms with Crippen molar-refractivity contribution in [1.29, 1.82) is 0 Å². The van der Waals surface area contributed by atoms with Crippen molar-refractivity contribution in [2.75, 3.05) is 4.90 Å². The summed E-state index contributed by atoms with van der Waals surface area (Å²) in [6, 6.07) is 30.9. The lowest BCUT2D eigenvalue weighted by atomic mass is 9.82. The van der Waals surface area contributed by atoms with Gasteiger partial charge in [-0.05, 0) is 110 Å². The fourth-order valence-corrected chi connectivity index (χ4v) is 8.30. The second kappa shape index (κ2) is 13.0. The quantitative estimate of drug-likeness (QED) is 0.169. The van der Waals surface area contributed by atoms with Crippen LogP contribution >= 0.6 is 0 Å². The lowest BCUT2D eigenvalue weighted by Gasteiger charge is -2.28. The van der Waals surface area contributed by atoms with E-state index >= 15 is 0 Å². The van der Waals surface area contributed by atoms with Crippen LogP contribution in [0.5, 0.6) is 0 Å². The zero-order chi connectivity index (χ0) is 49.4. The number of nitrogens with zero attached hydrogens (tertiary/aromatic N) is 1. The highest BCUT2D eigenvalue weighted by Crippen LogP contribution is 2.51. The van der Waals surface area contributed by atoms with Gasteiger partial charge in [0.1, 0.15) is 11.2 Å². The van der Waals surface area contributed by atoms with Gasteiger partial charge in [-0.25, -0.2) is 0 Å². The topological polar surface area (TPSA) is 16.4 Å². The Morgan fingerprint density at radius 3 is 1.86 bits per heavy atom. The molecule has 0 aliphatic heterocycles. The van der Waals surface area contributed by atoms with E-state index < -0.39 is 106 Å². The van der Waals surface area contributed by atoms with Crippen molar-refractivity contribution in [1.82, 2.24) is 0 Å². The zero-order valence-corrected chi connectivity index (χ0v) is 30.9. The van der Waals surface area contributed by atoms with Crippen LogP contribution in [0.25, 0.3) is 77.2 Å². The Bertz CT molecular complexity index is 3830. The summed E-state index contributed by atoms with van der Waals surface area (Å²) in [7, 11) is 0. The number of anilines is 3. The molecule has 0 N–H and O–H groups in total. The predicted octanol–water partition coefficient (Wildman–Crippen LogP) is 15.5. The van der Waals surface area contributed by atoms with Crippen molar-refractivity contribution in [3.8, 4) is 44.5 Å². The first-order valence-electron chi connectivity index (χ1n) is 25.2. The van der Waals surface area contributed by atoms with Crippen LogP contribution in [0.15, 0.2) is 204 Å². The Labute approximate surface area is 351 Å². The summed E-state index contributed by atoms with van der Waals surface area (Å²) in [5.74, 6) is 0. The molecule has 0 saturated carbocycles. The average molecular weight is 743 g/mol. The minimum absolute atomic E-state index is 0.124. The van der Waals surface area contributed by atoms with Crippen molar-refractivity contribution < 1.29 is 22.2 Å². The van der Waals surface area contributed by atoms with E-state index in [1.54, 1.807) is 4.90 Å². The molecule has 2 heteroatoms. The second-order valence-corrected chi connectivity index (χ2v) is 14.7. The van der Waals surface area contributed by atoms with Gasteiger partial charge in [0.2, 0.25) is 0 Å². The molecule has 0 saturated heterocycles. The summed E-state index contributed by atoms with van der Waals surface area (Å²) < 4.78 is 122. The molecular formula is C55H39NO. The highest BCUT2D eigenvalue weighted by molar-refractivity contribution is 6.19. The van der Waals surface area contributed by atoms with Crippen LogP contribution in [0, 0.1) is 0 Å². The molecule has 2 nitrogen and oxygen atoms in total. The van der Waals surface area contributed by atoms with Gasteiger partial charge in [0.15, 0.2) is 0 Å². The maximum absolute atomic E-state index is 9.65. The molecule has 1 aliphatic carbocycles. The van der Waals surface area contributed by atoms with E-state index in [1.807, 2.05) is 97.1 Å². The number of hydrogen-bond acceptors (Lipinski definition) is 2. The maximum atomic E-state index is 9.65. The Morgan fingerprint density at radius 2 is 1.09 bits per heavy atom. The molecule has 1 aromatic heterocycles. The van der Waals surface area contributed by atoms with Gasteiger partial charge in [0, 0.05) is 38.6 Å². The molecule has 57 heavy (non-hydrogen) atoms. The summed E-state index contributed by atoms with van der Waals surface area (Å²) >= 11 is 0. The van der Waals surface area contributed by atoms with E-state index in [0.29, 0.717) is 11.4 Å². The van der Waals surface area contributed by atoms with Crippen molar-refractivity contribution in [2.45, 2.75) is 19.3 Å². The van der Waals surface area contributed by atoms with Crippen molar-refractivity contribution in [2.24, 2.45) is 0 Å². The summed E-state index contributed by atoms with van der Waals surface area (Å²) in [5.41, 5.74) is 5.93. The van der Waals surface area contributed by atoms with E-state index in [-0.39, 0.29) is 5.69 Å². The summed E-state index contributed by atoms with van der Waals surface area (Å²) in [6.45, 7) is 4.27. The SMILES string of the molecule is [2H]c1c([2H])c([2H])c(-c2c([2H])c([2H])c(-c3c([2H])c([2H])c(N(c4ccc(-c5cccc6oc7c8ccccc8ccc7c56)cc4)c4ccc5c(c4)C(C)(C)c4ccccc4-5)c([2H])c3[2H])c([2H])c2[2H])c([2H])c1[2H]. The smallest absolute Gasteiger partial charge is 0.143 e. The lowest BCUT2D eigenvalue weighted by molar-refractivity contribution is 0.660. The standard InChI is InChI=1S/C55H39NO/c1-55(2)50-17-9-8-15-47(50)48-34-32-44(35-51(48)55)56(42-28-23-39(24-29-42)38-21-19-37(20-22-38)36-11-4-3-5-12-36)43-30-25-41(26-31-43)45-16-10-18-52-53(45)49-33-27-40-13-6-7-14-46(40)54(49)57-52/h3-35H,1-2H3/i3D,4D,5D,11D,12D,19D,20D,21D,22D,23D,24D,28D,29D. The Morgan fingerprint density at radius 1 is 0.456 bits per heavy atom. The van der Waals surface area contributed by atoms with Gasteiger partial charge in [-0.3, -0.25) is 0 Å². The third-order valence-corrected chi connectivity index (χ3v) is 11.1. The van der Waals surface area contributed by atoms with Crippen LogP contribution in [-0.4, -0.2) is 0 Å². The molecular weight excluding hydrogens is 691 g/mol. The number of hydrogen-bond donors (Lipinski definition) is 0. The summed E-state index contributed by atoms with van der Waals surface area (Å²) in [4.78, 5) is 1.67. The highest BCUT2D eigenvalue weighted by Gasteiger charge is 2.35. The van der Waals surface area contributed by atoms with Crippen LogP contribution < -0.4 is 4.90 Å². The van der Waals surface area contributed by atoms with Crippen molar-refractivity contribution in [3.63, 3.8) is 0 Å². The van der Waals surface area contributed by atoms with E-state index in [4.69, 9.17) is 16.8 Å². The maximum Gasteiger partial charge on any atom is 0.143 e. The molecule has 0 radical (unpaired) electrons. The van der Waals surface area contributed by atoms with Gasteiger partial charge in [-0.1, -0.05) is 165 Å². The highest BCUT2D eigenvalue weighted by atomic mass is 16.3. The third-order valence-electron chi connectivity index (χ3n) is 11.1. The minimum Gasteiger partial charge on any atom is -0.455 e. The van der Waals surface area contributed by atoms with E-state index in [0.717, 1.165) is 66.1 Å². The molecule has 10 aromatic rings. The van der Waals surface area contributed by atoms with Crippen LogP contribution in [0.4, 0.5) is 17.1 Å². The van der Waals surface area contributed by atoms with Gasteiger partial charge in [-0.15, -0.1) is 0 Å². The van der Waals surface area contributed by atoms with Gasteiger partial charge in [-0.2, -0.15) is 0 Å². The van der Waals surface area contributed by atoms with Gasteiger partial charge >= 0.3 is 0 Å². The van der Waals surface area contributed by atoms with Crippen LogP contribution in [0.3, 0.4) is 0 Å². The van der Waals surface area contributed by atoms with Crippen LogP contribution in [0.1, 0.15) is 42.8 Å². The van der Waals surface area contributed by atoms with Gasteiger partial charge in [0.05, 0.1) is 17.8 Å². The molecule has 0 bridgehead atoms. The van der Waals surface area contributed by atoms with Crippen molar-refractivity contribution >= 4 is 49.8 Å². The largest absolute Gasteiger partial charge is 0.455 e. The molecule has 0 amide bonds. The number of rotatable bonds is 6.